The van der Waals surface area contributed by atoms with Gasteiger partial charge in [-0.05, 0) is 29.3 Å². The number of allylic oxidation sites excluding steroid dienone is 1. The number of carboxylic acids is 1. The minimum atomic E-state index is -1.03. The van der Waals surface area contributed by atoms with Gasteiger partial charge in [-0.2, -0.15) is 0 Å². The summed E-state index contributed by atoms with van der Waals surface area (Å²) in [6, 6.07) is 12.9. The van der Waals surface area contributed by atoms with Crippen LogP contribution in [0.2, 0.25) is 0 Å². The monoisotopic (exact) mass is 298 g/mol. The van der Waals surface area contributed by atoms with Crippen LogP contribution in [0.1, 0.15) is 31.8 Å². The number of carbonyl (C=O) groups excluding carboxylic acids is 1. The SMILES string of the molecule is O=C(O)c1ccc(C(=O)C=Cc2ccc(COO)cc2)cc1. The predicted octanol–water partition coefficient (Wildman–Crippen LogP) is 3.27. The lowest BCUT2D eigenvalue weighted by molar-refractivity contribution is -0.253. The van der Waals surface area contributed by atoms with Crippen molar-refractivity contribution in [2.45, 2.75) is 6.61 Å². The van der Waals surface area contributed by atoms with Gasteiger partial charge in [0.25, 0.3) is 0 Å². The average Bonchev–Trinajstić information content (AvgIpc) is 2.54. The fourth-order valence-electron chi connectivity index (χ4n) is 1.84. The Morgan fingerprint density at radius 3 is 2.09 bits per heavy atom. The highest BCUT2D eigenvalue weighted by molar-refractivity contribution is 6.07. The van der Waals surface area contributed by atoms with Crippen molar-refractivity contribution in [1.29, 1.82) is 0 Å². The topological polar surface area (TPSA) is 83.8 Å². The summed E-state index contributed by atoms with van der Waals surface area (Å²) in [5, 5.41) is 17.2. The summed E-state index contributed by atoms with van der Waals surface area (Å²) in [7, 11) is 0. The van der Waals surface area contributed by atoms with Crippen LogP contribution in [0.4, 0.5) is 0 Å². The van der Waals surface area contributed by atoms with E-state index < -0.39 is 5.97 Å². The van der Waals surface area contributed by atoms with Crippen molar-refractivity contribution in [1.82, 2.24) is 0 Å². The second-order valence-electron chi connectivity index (χ2n) is 4.60. The number of carbonyl (C=O) groups is 2. The Balaban J connectivity index is 2.05. The van der Waals surface area contributed by atoms with E-state index in [0.29, 0.717) is 5.56 Å². The molecule has 2 aromatic carbocycles. The van der Waals surface area contributed by atoms with E-state index in [1.807, 2.05) is 0 Å². The first-order valence-corrected chi connectivity index (χ1v) is 6.51. The molecule has 2 rings (SSSR count). The molecule has 0 bridgehead atoms. The van der Waals surface area contributed by atoms with Crippen LogP contribution in [0.3, 0.4) is 0 Å². The van der Waals surface area contributed by atoms with Crippen molar-refractivity contribution in [2.75, 3.05) is 0 Å². The molecule has 2 N–H and O–H groups in total. The molecule has 112 valence electrons. The van der Waals surface area contributed by atoms with Gasteiger partial charge in [-0.3, -0.25) is 10.1 Å². The molecule has 0 unspecified atom stereocenters. The standard InChI is InChI=1S/C17H14O5/c18-16(14-6-8-15(9-7-14)17(19)20)10-5-12-1-3-13(4-2-12)11-22-21/h1-10,21H,11H2,(H,19,20). The molecule has 22 heavy (non-hydrogen) atoms. The number of ketones is 1. The third-order valence-electron chi connectivity index (χ3n) is 3.05. The number of benzene rings is 2. The lowest BCUT2D eigenvalue weighted by atomic mass is 10.1. The molecule has 0 fully saturated rings. The van der Waals surface area contributed by atoms with E-state index in [1.54, 1.807) is 30.3 Å². The third-order valence-corrected chi connectivity index (χ3v) is 3.05. The van der Waals surface area contributed by atoms with Gasteiger partial charge in [0.05, 0.1) is 5.56 Å². The summed E-state index contributed by atoms with van der Waals surface area (Å²) in [5.41, 5.74) is 2.21. The Kier molecular flexibility index (Phi) is 5.19. The van der Waals surface area contributed by atoms with Crippen LogP contribution in [-0.2, 0) is 11.5 Å². The van der Waals surface area contributed by atoms with Crippen molar-refractivity contribution in [3.05, 3.63) is 76.9 Å². The zero-order valence-electron chi connectivity index (χ0n) is 11.6. The number of rotatable bonds is 6. The maximum atomic E-state index is 12.0. The van der Waals surface area contributed by atoms with E-state index in [2.05, 4.69) is 4.89 Å². The summed E-state index contributed by atoms with van der Waals surface area (Å²) < 4.78 is 0. The van der Waals surface area contributed by atoms with E-state index in [0.717, 1.165) is 11.1 Å². The van der Waals surface area contributed by atoms with Gasteiger partial charge >= 0.3 is 5.97 Å². The van der Waals surface area contributed by atoms with Gasteiger partial charge in [-0.1, -0.05) is 42.5 Å². The van der Waals surface area contributed by atoms with E-state index in [9.17, 15) is 9.59 Å². The zero-order chi connectivity index (χ0) is 15.9. The fraction of sp³-hybridized carbons (Fsp3) is 0.0588. The van der Waals surface area contributed by atoms with Crippen molar-refractivity contribution >= 4 is 17.8 Å². The molecule has 0 aromatic heterocycles. The normalized spacial score (nSPS) is 10.8. The largest absolute Gasteiger partial charge is 0.478 e. The van der Waals surface area contributed by atoms with Gasteiger partial charge in [0, 0.05) is 5.56 Å². The molecule has 0 saturated carbocycles. The summed E-state index contributed by atoms with van der Waals surface area (Å²) in [6.07, 6.45) is 3.09. The van der Waals surface area contributed by atoms with Crippen LogP contribution >= 0.6 is 0 Å². The predicted molar refractivity (Wildman–Crippen MR) is 80.6 cm³/mol. The molecule has 0 aliphatic carbocycles. The van der Waals surface area contributed by atoms with E-state index in [-0.39, 0.29) is 18.0 Å². The number of hydrogen-bond donors (Lipinski definition) is 2. The molecule has 0 radical (unpaired) electrons. The van der Waals surface area contributed by atoms with E-state index in [1.165, 1.54) is 30.3 Å². The molecule has 0 aliphatic rings. The molecular formula is C17H14O5. The molecular weight excluding hydrogens is 284 g/mol. The average molecular weight is 298 g/mol. The Labute approximate surface area is 127 Å². The first-order chi connectivity index (χ1) is 10.6. The van der Waals surface area contributed by atoms with E-state index in [4.69, 9.17) is 10.4 Å². The molecule has 0 saturated heterocycles. The number of aromatic carboxylic acids is 1. The van der Waals surface area contributed by atoms with Gasteiger partial charge < -0.3 is 5.11 Å². The molecule has 2 aromatic rings. The van der Waals surface area contributed by atoms with Crippen LogP contribution < -0.4 is 0 Å². The molecule has 0 aliphatic heterocycles. The first kappa shape index (κ1) is 15.6. The van der Waals surface area contributed by atoms with Crippen LogP contribution in [0.15, 0.2) is 54.6 Å². The zero-order valence-corrected chi connectivity index (χ0v) is 11.6. The van der Waals surface area contributed by atoms with Crippen LogP contribution in [-0.4, -0.2) is 22.1 Å². The fourth-order valence-corrected chi connectivity index (χ4v) is 1.84. The van der Waals surface area contributed by atoms with Crippen molar-refractivity contribution in [2.24, 2.45) is 0 Å². The number of carboxylic acid groups (broad SMARTS) is 1. The van der Waals surface area contributed by atoms with Crippen LogP contribution in [0.5, 0.6) is 0 Å². The lowest BCUT2D eigenvalue weighted by Gasteiger charge is -1.99. The maximum absolute atomic E-state index is 12.0. The van der Waals surface area contributed by atoms with E-state index >= 15 is 0 Å². The van der Waals surface area contributed by atoms with Gasteiger partial charge in [0.1, 0.15) is 6.61 Å². The van der Waals surface area contributed by atoms with Crippen molar-refractivity contribution < 1.29 is 24.8 Å². The van der Waals surface area contributed by atoms with Crippen LogP contribution in [0.25, 0.3) is 6.08 Å². The number of hydrogen-bond acceptors (Lipinski definition) is 4. The Hall–Kier alpha value is -2.76. The van der Waals surface area contributed by atoms with Gasteiger partial charge in [-0.15, -0.1) is 0 Å². The molecule has 0 spiro atoms. The highest BCUT2D eigenvalue weighted by atomic mass is 17.1. The Bertz CT molecular complexity index is 684. The second-order valence-corrected chi connectivity index (χ2v) is 4.60. The summed E-state index contributed by atoms with van der Waals surface area (Å²) >= 11 is 0. The minimum absolute atomic E-state index is 0.110. The Morgan fingerprint density at radius 1 is 0.955 bits per heavy atom. The highest BCUT2D eigenvalue weighted by Crippen LogP contribution is 2.10. The second kappa shape index (κ2) is 7.31. The Morgan fingerprint density at radius 2 is 1.55 bits per heavy atom. The lowest BCUT2D eigenvalue weighted by Crippen LogP contribution is -1.98. The summed E-state index contributed by atoms with van der Waals surface area (Å²) in [5.74, 6) is -1.24. The third kappa shape index (κ3) is 4.12. The minimum Gasteiger partial charge on any atom is -0.478 e. The quantitative estimate of drug-likeness (QED) is 0.370. The molecule has 0 atom stereocenters. The maximum Gasteiger partial charge on any atom is 0.335 e. The molecule has 0 amide bonds. The summed E-state index contributed by atoms with van der Waals surface area (Å²) in [6.45, 7) is 0.110. The van der Waals surface area contributed by atoms with Crippen LogP contribution in [0, 0.1) is 0 Å². The van der Waals surface area contributed by atoms with Gasteiger partial charge in [0.2, 0.25) is 0 Å². The summed E-state index contributed by atoms with van der Waals surface area (Å²) in [4.78, 5) is 26.8. The smallest absolute Gasteiger partial charge is 0.335 e. The van der Waals surface area contributed by atoms with Crippen molar-refractivity contribution in [3.8, 4) is 0 Å². The molecule has 0 heterocycles. The van der Waals surface area contributed by atoms with Gasteiger partial charge in [-0.25, -0.2) is 9.68 Å². The molecule has 5 heteroatoms. The highest BCUT2D eigenvalue weighted by Gasteiger charge is 2.05. The first-order valence-electron chi connectivity index (χ1n) is 6.51. The van der Waals surface area contributed by atoms with Crippen molar-refractivity contribution in [3.63, 3.8) is 0 Å². The molecule has 5 nitrogen and oxygen atoms in total. The van der Waals surface area contributed by atoms with Gasteiger partial charge in [0.15, 0.2) is 5.78 Å².